The summed E-state index contributed by atoms with van der Waals surface area (Å²) in [6.07, 6.45) is 0.231. The minimum Gasteiger partial charge on any atom is -0.355 e. The van der Waals surface area contributed by atoms with Gasteiger partial charge in [-0.2, -0.15) is 0 Å². The Morgan fingerprint density at radius 2 is 1.62 bits per heavy atom. The first-order valence-electron chi connectivity index (χ1n) is 7.61. The predicted molar refractivity (Wildman–Crippen MR) is 101 cm³/mol. The van der Waals surface area contributed by atoms with Gasteiger partial charge in [-0.1, -0.05) is 60.7 Å². The molecule has 6 heteroatoms. The molecule has 0 saturated carbocycles. The summed E-state index contributed by atoms with van der Waals surface area (Å²) >= 11 is 0. The van der Waals surface area contributed by atoms with Gasteiger partial charge in [-0.3, -0.25) is 9.00 Å². The summed E-state index contributed by atoms with van der Waals surface area (Å²) in [5, 5.41) is 2.79. The van der Waals surface area contributed by atoms with Crippen LogP contribution in [0.2, 0.25) is 0 Å². The fourth-order valence-electron chi connectivity index (χ4n) is 2.23. The molecule has 0 aliphatic heterocycles. The number of carbonyl (C=O) groups excluding carboxylic acids is 1. The van der Waals surface area contributed by atoms with E-state index in [2.05, 4.69) is 5.32 Å². The lowest BCUT2D eigenvalue weighted by Gasteiger charge is -2.12. The number of benzene rings is 2. The van der Waals surface area contributed by atoms with Crippen molar-refractivity contribution in [3.8, 4) is 0 Å². The third kappa shape index (κ3) is 7.25. The summed E-state index contributed by atoms with van der Waals surface area (Å²) in [6, 6.07) is 18.9. The molecule has 0 fully saturated rings. The van der Waals surface area contributed by atoms with Gasteiger partial charge in [-0.25, -0.2) is 0 Å². The molecule has 0 aliphatic rings. The number of hydrogen-bond donors (Lipinski definition) is 2. The highest BCUT2D eigenvalue weighted by Gasteiger charge is 2.11. The molecule has 0 aromatic heterocycles. The van der Waals surface area contributed by atoms with E-state index in [1.165, 1.54) is 0 Å². The van der Waals surface area contributed by atoms with Gasteiger partial charge in [0.2, 0.25) is 5.91 Å². The lowest BCUT2D eigenvalue weighted by molar-refractivity contribution is -0.121. The largest absolute Gasteiger partial charge is 0.355 e. The Morgan fingerprint density at radius 3 is 2.25 bits per heavy atom. The van der Waals surface area contributed by atoms with Gasteiger partial charge in [-0.15, -0.1) is 12.4 Å². The quantitative estimate of drug-likeness (QED) is 0.754. The molecule has 0 bridgehead atoms. The molecule has 2 atom stereocenters. The smallest absolute Gasteiger partial charge is 0.221 e. The Bertz CT molecular complexity index is 638. The summed E-state index contributed by atoms with van der Waals surface area (Å²) in [4.78, 5) is 11.9. The number of rotatable bonds is 8. The molecule has 0 saturated heterocycles. The van der Waals surface area contributed by atoms with E-state index in [4.69, 9.17) is 5.73 Å². The van der Waals surface area contributed by atoms with E-state index >= 15 is 0 Å². The van der Waals surface area contributed by atoms with Crippen LogP contribution in [0.3, 0.4) is 0 Å². The third-order valence-corrected chi connectivity index (χ3v) is 4.77. The first-order valence-corrected chi connectivity index (χ1v) is 9.10. The molecular formula is C18H23ClN2O2S. The van der Waals surface area contributed by atoms with Gasteiger partial charge in [0.05, 0.1) is 0 Å². The number of carbonyl (C=O) groups is 1. The second-order valence-corrected chi connectivity index (χ2v) is 6.92. The Hall–Kier alpha value is -1.69. The Kier molecular flexibility index (Phi) is 9.30. The normalized spacial score (nSPS) is 12.7. The minimum absolute atomic E-state index is 0. The monoisotopic (exact) mass is 366 g/mol. The van der Waals surface area contributed by atoms with Crippen molar-refractivity contribution >= 4 is 29.1 Å². The van der Waals surface area contributed by atoms with Gasteiger partial charge < -0.3 is 11.1 Å². The van der Waals surface area contributed by atoms with Crippen LogP contribution in [-0.2, 0) is 21.3 Å². The van der Waals surface area contributed by atoms with Gasteiger partial charge in [0, 0.05) is 41.3 Å². The van der Waals surface area contributed by atoms with E-state index in [1.807, 2.05) is 60.7 Å². The van der Waals surface area contributed by atoms with E-state index in [0.717, 1.165) is 11.1 Å². The Morgan fingerprint density at radius 1 is 1.04 bits per heavy atom. The van der Waals surface area contributed by atoms with Crippen LogP contribution in [0.1, 0.15) is 23.6 Å². The molecule has 2 aromatic carbocycles. The van der Waals surface area contributed by atoms with Crippen molar-refractivity contribution in [1.82, 2.24) is 5.32 Å². The van der Waals surface area contributed by atoms with Crippen molar-refractivity contribution in [3.05, 3.63) is 71.8 Å². The second-order valence-electron chi connectivity index (χ2n) is 5.35. The lowest BCUT2D eigenvalue weighted by atomic mass is 10.0. The maximum Gasteiger partial charge on any atom is 0.221 e. The Balaban J connectivity index is 0.00000288. The molecule has 0 spiro atoms. The van der Waals surface area contributed by atoms with Crippen molar-refractivity contribution < 1.29 is 9.00 Å². The Labute approximate surface area is 151 Å². The zero-order valence-electron chi connectivity index (χ0n) is 13.4. The zero-order valence-corrected chi connectivity index (χ0v) is 15.0. The van der Waals surface area contributed by atoms with Crippen molar-refractivity contribution in [3.63, 3.8) is 0 Å². The zero-order chi connectivity index (χ0) is 16.5. The molecule has 3 N–H and O–H groups in total. The summed E-state index contributed by atoms with van der Waals surface area (Å²) in [6.45, 7) is 0.403. The SMILES string of the molecule is Cl.NC(CC(=O)NCCS(=O)Cc1ccccc1)c1ccccc1. The summed E-state index contributed by atoms with van der Waals surface area (Å²) in [5.74, 6) is 0.847. The standard InChI is InChI=1S/C18H22N2O2S.ClH/c19-17(16-9-5-2-6-10-16)13-18(21)20-11-12-23(22)14-15-7-3-1-4-8-15;/h1-10,17H,11-14,19H2,(H,20,21);1H. The highest BCUT2D eigenvalue weighted by molar-refractivity contribution is 7.84. The van der Waals surface area contributed by atoms with E-state index < -0.39 is 10.8 Å². The average molecular weight is 367 g/mol. The van der Waals surface area contributed by atoms with Crippen molar-refractivity contribution in [2.24, 2.45) is 5.73 Å². The molecular weight excluding hydrogens is 344 g/mol. The highest BCUT2D eigenvalue weighted by atomic mass is 35.5. The number of halogens is 1. The number of nitrogens with two attached hydrogens (primary N) is 1. The molecule has 2 rings (SSSR count). The summed E-state index contributed by atoms with van der Waals surface area (Å²) in [5.41, 5.74) is 7.99. The average Bonchev–Trinajstić information content (AvgIpc) is 2.56. The van der Waals surface area contributed by atoms with Gasteiger partial charge in [-0.05, 0) is 11.1 Å². The van der Waals surface area contributed by atoms with Gasteiger partial charge >= 0.3 is 0 Å². The van der Waals surface area contributed by atoms with Gasteiger partial charge in [0.1, 0.15) is 0 Å². The first kappa shape index (κ1) is 20.4. The molecule has 2 aromatic rings. The summed E-state index contributed by atoms with van der Waals surface area (Å²) < 4.78 is 12.0. The van der Waals surface area contributed by atoms with Crippen LogP contribution in [0.25, 0.3) is 0 Å². The van der Waals surface area contributed by atoms with Crippen LogP contribution in [0.15, 0.2) is 60.7 Å². The first-order chi connectivity index (χ1) is 11.1. The lowest BCUT2D eigenvalue weighted by Crippen LogP contribution is -2.30. The molecule has 24 heavy (non-hydrogen) atoms. The fraction of sp³-hybridized carbons (Fsp3) is 0.278. The van der Waals surface area contributed by atoms with Crippen LogP contribution in [0.5, 0.6) is 0 Å². The molecule has 4 nitrogen and oxygen atoms in total. The third-order valence-electron chi connectivity index (χ3n) is 3.46. The van der Waals surface area contributed by atoms with E-state index in [9.17, 15) is 9.00 Å². The van der Waals surface area contributed by atoms with Crippen molar-refractivity contribution in [2.75, 3.05) is 12.3 Å². The van der Waals surface area contributed by atoms with Crippen LogP contribution < -0.4 is 11.1 Å². The van der Waals surface area contributed by atoms with Crippen molar-refractivity contribution in [1.29, 1.82) is 0 Å². The van der Waals surface area contributed by atoms with Gasteiger partial charge in [0.15, 0.2) is 0 Å². The van der Waals surface area contributed by atoms with Crippen LogP contribution in [-0.4, -0.2) is 22.4 Å². The number of hydrogen-bond acceptors (Lipinski definition) is 3. The second kappa shape index (κ2) is 11.0. The summed E-state index contributed by atoms with van der Waals surface area (Å²) in [7, 11) is -0.982. The topological polar surface area (TPSA) is 72.2 Å². The molecule has 0 aliphatic carbocycles. The number of amides is 1. The van der Waals surface area contributed by atoms with Crippen LogP contribution in [0, 0.1) is 0 Å². The van der Waals surface area contributed by atoms with E-state index in [0.29, 0.717) is 18.1 Å². The fourth-order valence-corrected chi connectivity index (χ4v) is 3.26. The van der Waals surface area contributed by atoms with Crippen molar-refractivity contribution in [2.45, 2.75) is 18.2 Å². The van der Waals surface area contributed by atoms with E-state index in [1.54, 1.807) is 0 Å². The number of nitrogens with one attached hydrogen (secondary N) is 1. The minimum atomic E-state index is -0.982. The molecule has 0 radical (unpaired) electrons. The molecule has 1 amide bonds. The van der Waals surface area contributed by atoms with Crippen LogP contribution in [0.4, 0.5) is 0 Å². The molecule has 0 heterocycles. The maximum absolute atomic E-state index is 12.0. The van der Waals surface area contributed by atoms with E-state index in [-0.39, 0.29) is 30.8 Å². The maximum atomic E-state index is 12.0. The molecule has 2 unspecified atom stereocenters. The highest BCUT2D eigenvalue weighted by Crippen LogP contribution is 2.12. The van der Waals surface area contributed by atoms with Gasteiger partial charge in [0.25, 0.3) is 0 Å². The van der Waals surface area contributed by atoms with Crippen LogP contribution >= 0.6 is 12.4 Å². The molecule has 130 valence electrons. The predicted octanol–water partition coefficient (Wildman–Crippen LogP) is 2.56.